The van der Waals surface area contributed by atoms with Crippen LogP contribution in [0.3, 0.4) is 0 Å². The van der Waals surface area contributed by atoms with E-state index < -0.39 is 11.6 Å². The molecule has 2 aromatic rings. The summed E-state index contributed by atoms with van der Waals surface area (Å²) in [6.45, 7) is 5.95. The Bertz CT molecular complexity index is 705. The summed E-state index contributed by atoms with van der Waals surface area (Å²) in [5, 5.41) is 2.91. The van der Waals surface area contributed by atoms with Crippen LogP contribution in [0.4, 0.5) is 26.2 Å². The molecule has 0 radical (unpaired) electrons. The zero-order chi connectivity index (χ0) is 16.4. The quantitative estimate of drug-likeness (QED) is 0.927. The number of rotatable bonds is 3. The van der Waals surface area contributed by atoms with Crippen LogP contribution in [0.1, 0.15) is 25.5 Å². The van der Waals surface area contributed by atoms with Crippen molar-refractivity contribution in [3.8, 4) is 0 Å². The van der Waals surface area contributed by atoms with E-state index in [1.165, 1.54) is 18.6 Å². The summed E-state index contributed by atoms with van der Waals surface area (Å²) in [5.74, 6) is 0.529. The molecular formula is C17H20F2N4. The van der Waals surface area contributed by atoms with Crippen LogP contribution in [0.25, 0.3) is 0 Å². The van der Waals surface area contributed by atoms with Crippen molar-refractivity contribution in [1.82, 2.24) is 9.97 Å². The fourth-order valence-electron chi connectivity index (χ4n) is 2.86. The molecule has 2 heterocycles. The second kappa shape index (κ2) is 6.48. The fourth-order valence-corrected chi connectivity index (χ4v) is 2.86. The van der Waals surface area contributed by atoms with Crippen molar-refractivity contribution in [3.63, 3.8) is 0 Å². The number of nitrogens with zero attached hydrogens (tertiary/aromatic N) is 3. The molecule has 0 spiro atoms. The van der Waals surface area contributed by atoms with Crippen LogP contribution < -0.4 is 10.2 Å². The van der Waals surface area contributed by atoms with Gasteiger partial charge in [-0.05, 0) is 37.8 Å². The predicted octanol–water partition coefficient (Wildman–Crippen LogP) is 4.04. The van der Waals surface area contributed by atoms with Crippen molar-refractivity contribution >= 4 is 17.5 Å². The zero-order valence-corrected chi connectivity index (χ0v) is 13.3. The van der Waals surface area contributed by atoms with E-state index in [9.17, 15) is 8.78 Å². The average molecular weight is 318 g/mol. The van der Waals surface area contributed by atoms with E-state index in [-0.39, 0.29) is 5.69 Å². The molecule has 1 N–H and O–H groups in total. The van der Waals surface area contributed by atoms with E-state index in [0.29, 0.717) is 17.7 Å². The smallest absolute Gasteiger partial charge is 0.227 e. The third-order valence-electron chi connectivity index (χ3n) is 3.98. The van der Waals surface area contributed by atoms with Crippen molar-refractivity contribution in [2.24, 2.45) is 5.92 Å². The van der Waals surface area contributed by atoms with Gasteiger partial charge in [-0.15, -0.1) is 0 Å². The lowest BCUT2D eigenvalue weighted by Gasteiger charge is -2.31. The first-order valence-electron chi connectivity index (χ1n) is 7.84. The summed E-state index contributed by atoms with van der Waals surface area (Å²) in [4.78, 5) is 11.1. The van der Waals surface area contributed by atoms with E-state index in [4.69, 9.17) is 0 Å². The number of benzene rings is 1. The lowest BCUT2D eigenvalue weighted by Crippen LogP contribution is -2.35. The third-order valence-corrected chi connectivity index (χ3v) is 3.98. The molecule has 1 aliphatic heterocycles. The molecule has 0 bridgehead atoms. The first-order valence-corrected chi connectivity index (χ1v) is 7.84. The Morgan fingerprint density at radius 2 is 2.04 bits per heavy atom. The largest absolute Gasteiger partial charge is 0.340 e. The summed E-state index contributed by atoms with van der Waals surface area (Å²) >= 11 is 0. The van der Waals surface area contributed by atoms with E-state index >= 15 is 0 Å². The van der Waals surface area contributed by atoms with Crippen LogP contribution in [-0.4, -0.2) is 23.1 Å². The minimum absolute atomic E-state index is 0.197. The van der Waals surface area contributed by atoms with Crippen LogP contribution in [0.15, 0.2) is 24.3 Å². The molecule has 1 saturated heterocycles. The third kappa shape index (κ3) is 3.75. The highest BCUT2D eigenvalue weighted by Gasteiger charge is 2.19. The van der Waals surface area contributed by atoms with E-state index in [1.807, 2.05) is 6.92 Å². The van der Waals surface area contributed by atoms with Gasteiger partial charge >= 0.3 is 0 Å². The van der Waals surface area contributed by atoms with Crippen LogP contribution in [0, 0.1) is 24.5 Å². The van der Waals surface area contributed by atoms with E-state index in [2.05, 4.69) is 27.1 Å². The minimum atomic E-state index is -0.644. The molecule has 0 amide bonds. The van der Waals surface area contributed by atoms with Gasteiger partial charge in [-0.25, -0.2) is 13.8 Å². The maximum atomic E-state index is 13.8. The first kappa shape index (κ1) is 15.6. The molecule has 23 heavy (non-hydrogen) atoms. The van der Waals surface area contributed by atoms with Crippen molar-refractivity contribution in [2.75, 3.05) is 23.3 Å². The van der Waals surface area contributed by atoms with Crippen LogP contribution in [-0.2, 0) is 0 Å². The standard InChI is InChI=1S/C17H20F2N4/c1-11-4-3-7-23(10-11)17-20-12(2)8-16(22-17)21-15-6-5-13(18)9-14(15)19/h5-6,8-9,11H,3-4,7,10H2,1-2H3,(H,20,21,22). The maximum Gasteiger partial charge on any atom is 0.227 e. The Balaban J connectivity index is 1.85. The number of hydrogen-bond acceptors (Lipinski definition) is 4. The fraction of sp³-hybridized carbons (Fsp3) is 0.412. The van der Waals surface area contributed by atoms with Crippen molar-refractivity contribution in [3.05, 3.63) is 41.6 Å². The van der Waals surface area contributed by atoms with Gasteiger partial charge in [-0.3, -0.25) is 0 Å². The van der Waals surface area contributed by atoms with E-state index in [1.54, 1.807) is 6.07 Å². The predicted molar refractivity (Wildman–Crippen MR) is 87.0 cm³/mol. The topological polar surface area (TPSA) is 41.1 Å². The zero-order valence-electron chi connectivity index (χ0n) is 13.3. The number of halogens is 2. The van der Waals surface area contributed by atoms with Gasteiger partial charge in [-0.2, -0.15) is 4.98 Å². The number of aryl methyl sites for hydroxylation is 1. The Morgan fingerprint density at radius 1 is 1.22 bits per heavy atom. The van der Waals surface area contributed by atoms with Crippen LogP contribution in [0.5, 0.6) is 0 Å². The Labute approximate surface area is 134 Å². The molecule has 0 aliphatic carbocycles. The average Bonchev–Trinajstić information content (AvgIpc) is 2.50. The summed E-state index contributed by atoms with van der Waals surface area (Å²) in [6, 6.07) is 5.18. The minimum Gasteiger partial charge on any atom is -0.340 e. The normalized spacial score (nSPS) is 18.1. The van der Waals surface area contributed by atoms with Gasteiger partial charge in [0.2, 0.25) is 5.95 Å². The molecule has 1 aliphatic rings. The van der Waals surface area contributed by atoms with Gasteiger partial charge in [0.1, 0.15) is 17.5 Å². The molecule has 3 rings (SSSR count). The van der Waals surface area contributed by atoms with Gasteiger partial charge in [-0.1, -0.05) is 6.92 Å². The molecule has 1 aromatic heterocycles. The van der Waals surface area contributed by atoms with Crippen molar-refractivity contribution in [1.29, 1.82) is 0 Å². The molecule has 0 saturated carbocycles. The molecule has 122 valence electrons. The SMILES string of the molecule is Cc1cc(Nc2ccc(F)cc2F)nc(N2CCCC(C)C2)n1. The molecule has 1 aromatic carbocycles. The highest BCUT2D eigenvalue weighted by atomic mass is 19.1. The van der Waals surface area contributed by atoms with Crippen molar-refractivity contribution in [2.45, 2.75) is 26.7 Å². The summed E-state index contributed by atoms with van der Waals surface area (Å²) < 4.78 is 26.8. The Hall–Kier alpha value is -2.24. The molecule has 6 heteroatoms. The number of nitrogens with one attached hydrogen (secondary N) is 1. The summed E-state index contributed by atoms with van der Waals surface area (Å²) in [7, 11) is 0. The number of hydrogen-bond donors (Lipinski definition) is 1. The lowest BCUT2D eigenvalue weighted by atomic mass is 10.0. The molecule has 4 nitrogen and oxygen atoms in total. The molecular weight excluding hydrogens is 298 g/mol. The maximum absolute atomic E-state index is 13.8. The summed E-state index contributed by atoms with van der Waals surface area (Å²) in [5.41, 5.74) is 1.00. The van der Waals surface area contributed by atoms with Gasteiger partial charge < -0.3 is 10.2 Å². The van der Waals surface area contributed by atoms with Gasteiger partial charge in [0.15, 0.2) is 0 Å². The van der Waals surface area contributed by atoms with Crippen LogP contribution >= 0.6 is 0 Å². The van der Waals surface area contributed by atoms with Crippen molar-refractivity contribution < 1.29 is 8.78 Å². The van der Waals surface area contributed by atoms with Gasteiger partial charge in [0, 0.05) is 30.9 Å². The van der Waals surface area contributed by atoms with Gasteiger partial charge in [0.05, 0.1) is 5.69 Å². The number of aromatic nitrogens is 2. The second-order valence-corrected chi connectivity index (χ2v) is 6.14. The van der Waals surface area contributed by atoms with Crippen LogP contribution in [0.2, 0.25) is 0 Å². The highest BCUT2D eigenvalue weighted by molar-refractivity contribution is 5.58. The Kier molecular flexibility index (Phi) is 4.41. The number of anilines is 3. The first-order chi connectivity index (χ1) is 11.0. The molecule has 1 atom stereocenters. The monoisotopic (exact) mass is 318 g/mol. The second-order valence-electron chi connectivity index (χ2n) is 6.14. The highest BCUT2D eigenvalue weighted by Crippen LogP contribution is 2.24. The molecule has 1 fully saturated rings. The molecule has 1 unspecified atom stereocenters. The Morgan fingerprint density at radius 3 is 2.78 bits per heavy atom. The summed E-state index contributed by atoms with van der Waals surface area (Å²) in [6.07, 6.45) is 2.34. The number of piperidine rings is 1. The lowest BCUT2D eigenvalue weighted by molar-refractivity contribution is 0.442. The van der Waals surface area contributed by atoms with Gasteiger partial charge in [0.25, 0.3) is 0 Å². The van der Waals surface area contributed by atoms with E-state index in [0.717, 1.165) is 31.3 Å².